The molecule has 0 aromatic carbocycles. The molecular formula is C19H34FN5O3. The topological polar surface area (TPSA) is 118 Å². The third-order valence-corrected chi connectivity index (χ3v) is 5.92. The number of fused-ring (bicyclic) bond motifs is 1. The number of hydrazine groups is 1. The Morgan fingerprint density at radius 2 is 1.89 bits per heavy atom. The molecule has 28 heavy (non-hydrogen) atoms. The molecule has 4 unspecified atom stereocenters. The zero-order valence-electron chi connectivity index (χ0n) is 16.7. The van der Waals surface area contributed by atoms with Crippen LogP contribution in [0, 0.1) is 11.8 Å². The van der Waals surface area contributed by atoms with E-state index in [1.165, 1.54) is 0 Å². The van der Waals surface area contributed by atoms with Gasteiger partial charge in [-0.25, -0.2) is 14.8 Å². The molecule has 2 aliphatic carbocycles. The number of aliphatic imine (C=N–C) groups is 1. The maximum Gasteiger partial charge on any atom is 0.229 e. The van der Waals surface area contributed by atoms with Gasteiger partial charge in [-0.15, -0.1) is 0 Å². The number of aliphatic hydroxyl groups excluding tert-OH is 1. The average molecular weight is 400 g/mol. The second kappa shape index (κ2) is 9.02. The van der Waals surface area contributed by atoms with Crippen molar-refractivity contribution in [1.29, 1.82) is 0 Å². The number of aliphatic hydroxyl groups is 2. The first-order chi connectivity index (χ1) is 13.2. The van der Waals surface area contributed by atoms with Crippen molar-refractivity contribution in [3.63, 3.8) is 0 Å². The zero-order chi connectivity index (χ0) is 20.3. The fourth-order valence-electron chi connectivity index (χ4n) is 4.25. The van der Waals surface area contributed by atoms with Crippen LogP contribution < -0.4 is 21.5 Å². The first-order valence-corrected chi connectivity index (χ1v) is 10.4. The van der Waals surface area contributed by atoms with Gasteiger partial charge in [0, 0.05) is 17.9 Å². The van der Waals surface area contributed by atoms with E-state index in [9.17, 15) is 19.4 Å². The summed E-state index contributed by atoms with van der Waals surface area (Å²) in [5.74, 6) is 0.243. The fourth-order valence-corrected chi connectivity index (χ4v) is 4.25. The second-order valence-electron chi connectivity index (χ2n) is 9.06. The number of guanidine groups is 1. The molecule has 2 saturated carbocycles. The number of alkyl halides is 1. The number of hydrogen-bond acceptors (Lipinski definition) is 6. The van der Waals surface area contributed by atoms with E-state index >= 15 is 0 Å². The molecule has 160 valence electrons. The second-order valence-corrected chi connectivity index (χ2v) is 9.06. The number of carbonyl (C=O) groups excluding carboxylic acids is 1. The molecule has 3 aliphatic rings. The van der Waals surface area contributed by atoms with Crippen molar-refractivity contribution in [3.8, 4) is 0 Å². The highest BCUT2D eigenvalue weighted by molar-refractivity contribution is 5.98. The number of nitrogens with zero attached hydrogens (tertiary/aromatic N) is 1. The van der Waals surface area contributed by atoms with Crippen molar-refractivity contribution in [2.75, 3.05) is 6.54 Å². The third-order valence-electron chi connectivity index (χ3n) is 5.92. The van der Waals surface area contributed by atoms with Crippen molar-refractivity contribution < 1.29 is 19.4 Å². The SMILES string of the molecule is CC(C)(O)CN=C(NC(=O)C1CCC(O)CC1)NC1NNC2CC(F)CCC21. The summed E-state index contributed by atoms with van der Waals surface area (Å²) in [7, 11) is 0. The Kier molecular flexibility index (Phi) is 6.90. The monoisotopic (exact) mass is 399 g/mol. The number of carbonyl (C=O) groups is 1. The van der Waals surface area contributed by atoms with Crippen molar-refractivity contribution >= 4 is 11.9 Å². The molecule has 6 N–H and O–H groups in total. The van der Waals surface area contributed by atoms with Gasteiger partial charge in [0.25, 0.3) is 0 Å². The largest absolute Gasteiger partial charge is 0.393 e. The molecule has 1 heterocycles. The lowest BCUT2D eigenvalue weighted by Gasteiger charge is -2.30. The minimum Gasteiger partial charge on any atom is -0.393 e. The van der Waals surface area contributed by atoms with E-state index < -0.39 is 11.8 Å². The predicted molar refractivity (Wildman–Crippen MR) is 104 cm³/mol. The van der Waals surface area contributed by atoms with Crippen LogP contribution in [0.15, 0.2) is 4.99 Å². The van der Waals surface area contributed by atoms with E-state index in [0.717, 1.165) is 6.42 Å². The molecule has 8 nitrogen and oxygen atoms in total. The molecule has 1 aliphatic heterocycles. The predicted octanol–water partition coefficient (Wildman–Crippen LogP) is 0.311. The summed E-state index contributed by atoms with van der Waals surface area (Å²) in [6.07, 6.45) is 3.05. The van der Waals surface area contributed by atoms with Crippen LogP contribution in [-0.2, 0) is 4.79 Å². The summed E-state index contributed by atoms with van der Waals surface area (Å²) >= 11 is 0. The molecule has 0 spiro atoms. The van der Waals surface area contributed by atoms with Gasteiger partial charge in [0.2, 0.25) is 5.91 Å². The Morgan fingerprint density at radius 3 is 2.57 bits per heavy atom. The van der Waals surface area contributed by atoms with Crippen molar-refractivity contribution in [3.05, 3.63) is 0 Å². The van der Waals surface area contributed by atoms with E-state index in [2.05, 4.69) is 26.5 Å². The summed E-state index contributed by atoms with van der Waals surface area (Å²) in [4.78, 5) is 17.1. The molecule has 0 radical (unpaired) electrons. The van der Waals surface area contributed by atoms with E-state index in [0.29, 0.717) is 44.5 Å². The van der Waals surface area contributed by atoms with Crippen LogP contribution in [0.5, 0.6) is 0 Å². The molecule has 4 atom stereocenters. The van der Waals surface area contributed by atoms with Crippen LogP contribution in [-0.4, -0.2) is 58.7 Å². The number of amides is 1. The fraction of sp³-hybridized carbons (Fsp3) is 0.895. The Bertz CT molecular complexity index is 574. The van der Waals surface area contributed by atoms with E-state index in [4.69, 9.17) is 0 Å². The van der Waals surface area contributed by atoms with Crippen LogP contribution in [0.3, 0.4) is 0 Å². The number of halogens is 1. The van der Waals surface area contributed by atoms with Gasteiger partial charge in [0.15, 0.2) is 5.96 Å². The number of rotatable bonds is 4. The molecule has 0 aromatic heterocycles. The van der Waals surface area contributed by atoms with Crippen molar-refractivity contribution in [2.45, 2.75) is 88.9 Å². The highest BCUT2D eigenvalue weighted by Gasteiger charge is 2.41. The Morgan fingerprint density at radius 1 is 1.18 bits per heavy atom. The lowest BCUT2D eigenvalue weighted by atomic mass is 9.83. The lowest BCUT2D eigenvalue weighted by molar-refractivity contribution is -0.125. The van der Waals surface area contributed by atoms with Gasteiger partial charge >= 0.3 is 0 Å². The Hall–Kier alpha value is -1.29. The zero-order valence-corrected chi connectivity index (χ0v) is 16.7. The molecule has 3 fully saturated rings. The van der Waals surface area contributed by atoms with Crippen LogP contribution in [0.25, 0.3) is 0 Å². The summed E-state index contributed by atoms with van der Waals surface area (Å²) in [5.41, 5.74) is 5.29. The van der Waals surface area contributed by atoms with Crippen LogP contribution in [0.2, 0.25) is 0 Å². The number of hydrogen-bond donors (Lipinski definition) is 6. The van der Waals surface area contributed by atoms with Crippen molar-refractivity contribution in [2.24, 2.45) is 16.8 Å². The lowest BCUT2D eigenvalue weighted by Crippen LogP contribution is -2.54. The molecule has 3 rings (SSSR count). The minimum absolute atomic E-state index is 0.0484. The summed E-state index contributed by atoms with van der Waals surface area (Å²) in [6, 6.07) is 0.0484. The maximum absolute atomic E-state index is 13.7. The smallest absolute Gasteiger partial charge is 0.229 e. The van der Waals surface area contributed by atoms with Gasteiger partial charge in [0.05, 0.1) is 24.4 Å². The molecule has 1 saturated heterocycles. The highest BCUT2D eigenvalue weighted by Crippen LogP contribution is 2.31. The van der Waals surface area contributed by atoms with Gasteiger partial charge in [-0.3, -0.25) is 15.5 Å². The molecule has 1 amide bonds. The van der Waals surface area contributed by atoms with Crippen LogP contribution in [0.4, 0.5) is 4.39 Å². The average Bonchev–Trinajstić information content (AvgIpc) is 3.01. The summed E-state index contributed by atoms with van der Waals surface area (Å²) in [6.45, 7) is 3.46. The normalized spacial score (nSPS) is 36.7. The van der Waals surface area contributed by atoms with Crippen LogP contribution in [0.1, 0.15) is 58.8 Å². The first kappa shape index (κ1) is 21.4. The molecular weight excluding hydrogens is 365 g/mol. The van der Waals surface area contributed by atoms with Crippen molar-refractivity contribution in [1.82, 2.24) is 21.5 Å². The standard InChI is InChI=1S/C19H34FN5O3/c1-19(2,28)10-21-18(23-17(27)11-3-6-13(26)7-4-11)22-16-14-8-5-12(20)9-15(14)24-25-16/h11-16,24-26,28H,3-10H2,1-2H3,(H2,21,22,23,27). The summed E-state index contributed by atoms with van der Waals surface area (Å²) < 4.78 is 13.7. The van der Waals surface area contributed by atoms with Gasteiger partial charge in [-0.05, 0) is 58.8 Å². The van der Waals surface area contributed by atoms with Gasteiger partial charge in [-0.2, -0.15) is 0 Å². The van der Waals surface area contributed by atoms with E-state index in [-0.39, 0.29) is 42.6 Å². The van der Waals surface area contributed by atoms with E-state index in [1.54, 1.807) is 13.8 Å². The molecule has 0 aromatic rings. The van der Waals surface area contributed by atoms with Gasteiger partial charge in [0.1, 0.15) is 6.17 Å². The van der Waals surface area contributed by atoms with Gasteiger partial charge in [-0.1, -0.05) is 0 Å². The number of nitrogens with one attached hydrogen (secondary N) is 4. The third kappa shape index (κ3) is 5.85. The maximum atomic E-state index is 13.7. The molecule has 0 bridgehead atoms. The van der Waals surface area contributed by atoms with Crippen LogP contribution >= 0.6 is 0 Å². The molecule has 9 heteroatoms. The Labute approximate surface area is 165 Å². The highest BCUT2D eigenvalue weighted by atomic mass is 19.1. The quantitative estimate of drug-likeness (QED) is 0.299. The minimum atomic E-state index is -0.997. The van der Waals surface area contributed by atoms with E-state index in [1.807, 2.05) is 0 Å². The van der Waals surface area contributed by atoms with Gasteiger partial charge < -0.3 is 15.5 Å². The summed E-state index contributed by atoms with van der Waals surface area (Å²) in [5, 5.41) is 25.8. The first-order valence-electron chi connectivity index (χ1n) is 10.4. The Balaban J connectivity index is 1.63.